The van der Waals surface area contributed by atoms with Crippen molar-refractivity contribution in [3.05, 3.63) is 94.0 Å². The summed E-state index contributed by atoms with van der Waals surface area (Å²) in [7, 11) is -3.89. The number of ether oxygens (including phenoxy) is 1. The SMILES string of the molecule is CCC(C(=O)NC(C)(C)C)N(Cc1c(Cl)cccc1Cl)C(=O)CN(c1ccc(OCc2ccccc2)cc1)S(C)(=O)=O. The Balaban J connectivity index is 1.91. The van der Waals surface area contributed by atoms with Crippen LogP contribution in [0.1, 0.15) is 45.2 Å². The topological polar surface area (TPSA) is 96.0 Å². The van der Waals surface area contributed by atoms with Crippen molar-refractivity contribution in [3.8, 4) is 5.75 Å². The molecule has 1 N–H and O–H groups in total. The highest BCUT2D eigenvalue weighted by molar-refractivity contribution is 7.92. The summed E-state index contributed by atoms with van der Waals surface area (Å²) in [6, 6.07) is 20.2. The summed E-state index contributed by atoms with van der Waals surface area (Å²) >= 11 is 12.8. The van der Waals surface area contributed by atoms with E-state index in [9.17, 15) is 18.0 Å². The fourth-order valence-electron chi connectivity index (χ4n) is 4.29. The Morgan fingerprint density at radius 3 is 2.05 bits per heavy atom. The van der Waals surface area contributed by atoms with Gasteiger partial charge in [0, 0.05) is 27.7 Å². The van der Waals surface area contributed by atoms with Crippen LogP contribution in [0.4, 0.5) is 5.69 Å². The fourth-order valence-corrected chi connectivity index (χ4v) is 5.66. The molecular formula is C31H37Cl2N3O5S. The zero-order valence-electron chi connectivity index (χ0n) is 24.4. The van der Waals surface area contributed by atoms with Crippen LogP contribution < -0.4 is 14.4 Å². The van der Waals surface area contributed by atoms with Gasteiger partial charge in [-0.05, 0) is 69.2 Å². The number of hydrogen-bond donors (Lipinski definition) is 1. The number of amides is 2. The van der Waals surface area contributed by atoms with Gasteiger partial charge in [0.2, 0.25) is 21.8 Å². The van der Waals surface area contributed by atoms with E-state index >= 15 is 0 Å². The lowest BCUT2D eigenvalue weighted by Gasteiger charge is -2.34. The highest BCUT2D eigenvalue weighted by atomic mass is 35.5. The van der Waals surface area contributed by atoms with Gasteiger partial charge in [-0.3, -0.25) is 13.9 Å². The van der Waals surface area contributed by atoms with Crippen molar-refractivity contribution < 1.29 is 22.7 Å². The molecule has 0 aliphatic carbocycles. The standard InChI is InChI=1S/C31H37Cl2N3O5S/c1-6-28(30(38)34-31(2,3)4)35(19-25-26(32)13-10-14-27(25)33)29(37)20-36(42(5,39)40)23-15-17-24(18-16-23)41-21-22-11-8-7-9-12-22/h7-18,28H,6,19-21H2,1-5H3,(H,34,38). The van der Waals surface area contributed by atoms with Crippen molar-refractivity contribution in [1.29, 1.82) is 0 Å². The van der Waals surface area contributed by atoms with Gasteiger partial charge in [0.05, 0.1) is 11.9 Å². The lowest BCUT2D eigenvalue weighted by molar-refractivity contribution is -0.141. The highest BCUT2D eigenvalue weighted by Crippen LogP contribution is 2.28. The van der Waals surface area contributed by atoms with E-state index in [4.69, 9.17) is 27.9 Å². The molecule has 11 heteroatoms. The molecule has 1 unspecified atom stereocenters. The van der Waals surface area contributed by atoms with Crippen LogP contribution in [0, 0.1) is 0 Å². The molecule has 3 aromatic carbocycles. The van der Waals surface area contributed by atoms with Crippen LogP contribution in [-0.2, 0) is 32.8 Å². The third-order valence-corrected chi connectivity index (χ3v) is 8.18. The van der Waals surface area contributed by atoms with E-state index in [1.807, 2.05) is 51.1 Å². The second kappa shape index (κ2) is 14.3. The van der Waals surface area contributed by atoms with Crippen LogP contribution >= 0.6 is 23.2 Å². The molecular weight excluding hydrogens is 597 g/mol. The van der Waals surface area contributed by atoms with Crippen LogP contribution in [0.2, 0.25) is 10.0 Å². The molecule has 0 bridgehead atoms. The summed E-state index contributed by atoms with van der Waals surface area (Å²) in [6.45, 7) is 7.03. The molecule has 2 amide bonds. The monoisotopic (exact) mass is 633 g/mol. The number of carbonyl (C=O) groups excluding carboxylic acids is 2. The molecule has 0 radical (unpaired) electrons. The van der Waals surface area contributed by atoms with Crippen LogP contribution in [0.3, 0.4) is 0 Å². The van der Waals surface area contributed by atoms with Crippen molar-refractivity contribution in [2.24, 2.45) is 0 Å². The maximum atomic E-state index is 13.9. The fraction of sp³-hybridized carbons (Fsp3) is 0.355. The molecule has 0 heterocycles. The van der Waals surface area contributed by atoms with E-state index in [2.05, 4.69) is 5.32 Å². The molecule has 0 aliphatic rings. The van der Waals surface area contributed by atoms with Gasteiger partial charge >= 0.3 is 0 Å². The van der Waals surface area contributed by atoms with Crippen LogP contribution in [0.15, 0.2) is 72.8 Å². The predicted octanol–water partition coefficient (Wildman–Crippen LogP) is 6.06. The van der Waals surface area contributed by atoms with Crippen molar-refractivity contribution >= 4 is 50.7 Å². The molecule has 0 aliphatic heterocycles. The number of halogens is 2. The number of carbonyl (C=O) groups is 2. The molecule has 3 aromatic rings. The summed E-state index contributed by atoms with van der Waals surface area (Å²) in [5, 5.41) is 3.58. The lowest BCUT2D eigenvalue weighted by Crippen LogP contribution is -2.55. The summed E-state index contributed by atoms with van der Waals surface area (Å²) in [4.78, 5) is 28.6. The average molecular weight is 635 g/mol. The average Bonchev–Trinajstić information content (AvgIpc) is 2.91. The van der Waals surface area contributed by atoms with Crippen molar-refractivity contribution in [1.82, 2.24) is 10.2 Å². The zero-order valence-corrected chi connectivity index (χ0v) is 26.8. The molecule has 0 spiro atoms. The van der Waals surface area contributed by atoms with E-state index < -0.39 is 34.1 Å². The van der Waals surface area contributed by atoms with Crippen LogP contribution in [-0.4, -0.2) is 49.5 Å². The largest absolute Gasteiger partial charge is 0.489 e. The number of rotatable bonds is 12. The van der Waals surface area contributed by atoms with Crippen LogP contribution in [0.25, 0.3) is 0 Å². The van der Waals surface area contributed by atoms with E-state index in [0.717, 1.165) is 16.1 Å². The third-order valence-electron chi connectivity index (χ3n) is 6.33. The van der Waals surface area contributed by atoms with Gasteiger partial charge in [-0.15, -0.1) is 0 Å². The van der Waals surface area contributed by atoms with Crippen molar-refractivity contribution in [2.75, 3.05) is 17.1 Å². The van der Waals surface area contributed by atoms with Gasteiger partial charge < -0.3 is 15.0 Å². The first kappa shape index (κ1) is 33.2. The van der Waals surface area contributed by atoms with Crippen molar-refractivity contribution in [3.63, 3.8) is 0 Å². The smallest absolute Gasteiger partial charge is 0.244 e. The summed E-state index contributed by atoms with van der Waals surface area (Å²) in [5.41, 5.74) is 1.18. The van der Waals surface area contributed by atoms with E-state index in [0.29, 0.717) is 28.0 Å². The Labute approximate surface area is 258 Å². The molecule has 1 atom stereocenters. The minimum atomic E-state index is -3.89. The molecule has 3 rings (SSSR count). The number of sulfonamides is 1. The first-order valence-electron chi connectivity index (χ1n) is 13.5. The van der Waals surface area contributed by atoms with Crippen molar-refractivity contribution in [2.45, 2.75) is 58.8 Å². The van der Waals surface area contributed by atoms with E-state index in [-0.39, 0.29) is 24.6 Å². The number of nitrogens with one attached hydrogen (secondary N) is 1. The second-order valence-corrected chi connectivity index (χ2v) is 13.6. The Bertz CT molecular complexity index is 1460. The quantitative estimate of drug-likeness (QED) is 0.261. The van der Waals surface area contributed by atoms with E-state index in [1.165, 1.54) is 4.90 Å². The normalized spacial score (nSPS) is 12.4. The maximum Gasteiger partial charge on any atom is 0.244 e. The van der Waals surface area contributed by atoms with Crippen LogP contribution in [0.5, 0.6) is 5.75 Å². The highest BCUT2D eigenvalue weighted by Gasteiger charge is 2.33. The van der Waals surface area contributed by atoms with Gasteiger partial charge in [0.15, 0.2) is 0 Å². The Morgan fingerprint density at radius 1 is 0.929 bits per heavy atom. The van der Waals surface area contributed by atoms with Gasteiger partial charge in [-0.2, -0.15) is 0 Å². The number of nitrogens with zero attached hydrogens (tertiary/aromatic N) is 2. The summed E-state index contributed by atoms with van der Waals surface area (Å²) in [6.07, 6.45) is 1.31. The first-order chi connectivity index (χ1) is 19.7. The number of benzene rings is 3. The third kappa shape index (κ3) is 9.37. The zero-order chi connectivity index (χ0) is 31.1. The maximum absolute atomic E-state index is 13.9. The van der Waals surface area contributed by atoms with Gasteiger partial charge in [-0.25, -0.2) is 8.42 Å². The first-order valence-corrected chi connectivity index (χ1v) is 16.1. The Hall–Kier alpha value is -3.27. The molecule has 226 valence electrons. The summed E-state index contributed by atoms with van der Waals surface area (Å²) < 4.78 is 32.7. The Kier molecular flexibility index (Phi) is 11.3. The molecule has 0 fully saturated rings. The van der Waals surface area contributed by atoms with Gasteiger partial charge in [0.1, 0.15) is 24.9 Å². The second-order valence-electron chi connectivity index (χ2n) is 10.9. The minimum Gasteiger partial charge on any atom is -0.489 e. The lowest BCUT2D eigenvalue weighted by atomic mass is 10.1. The molecule has 42 heavy (non-hydrogen) atoms. The van der Waals surface area contributed by atoms with Gasteiger partial charge in [0.25, 0.3) is 0 Å². The minimum absolute atomic E-state index is 0.0860. The predicted molar refractivity (Wildman–Crippen MR) is 168 cm³/mol. The number of hydrogen-bond acceptors (Lipinski definition) is 5. The number of anilines is 1. The molecule has 0 saturated heterocycles. The molecule has 0 saturated carbocycles. The molecule has 8 nitrogen and oxygen atoms in total. The van der Waals surface area contributed by atoms with E-state index in [1.54, 1.807) is 49.4 Å². The van der Waals surface area contributed by atoms with Gasteiger partial charge in [-0.1, -0.05) is 66.5 Å². The summed E-state index contributed by atoms with van der Waals surface area (Å²) in [5.74, 6) is -0.411. The molecule has 0 aromatic heterocycles. The Morgan fingerprint density at radius 2 is 1.52 bits per heavy atom.